The first kappa shape index (κ1) is 19.7. The second-order valence-electron chi connectivity index (χ2n) is 6.15. The molecule has 0 fully saturated rings. The van der Waals surface area contributed by atoms with E-state index in [-0.39, 0.29) is 12.6 Å². The summed E-state index contributed by atoms with van der Waals surface area (Å²) in [5.74, 6) is -0.374. The number of nitrogens with zero attached hydrogens (tertiary/aromatic N) is 1. The number of carbonyl (C=O) groups is 2. The highest BCUT2D eigenvalue weighted by Gasteiger charge is 2.18. The van der Waals surface area contributed by atoms with Crippen molar-refractivity contribution in [2.45, 2.75) is 29.8 Å². The van der Waals surface area contributed by atoms with Gasteiger partial charge in [-0.1, -0.05) is 29.5 Å². The summed E-state index contributed by atoms with van der Waals surface area (Å²) < 4.78 is 10.4. The average molecular weight is 396 g/mol. The first-order valence-electron chi connectivity index (χ1n) is 8.72. The van der Waals surface area contributed by atoms with E-state index in [9.17, 15) is 9.59 Å². The number of furan rings is 1. The fraction of sp³-hybridized carbons (Fsp3) is 0.190. The molecular formula is C21H20N2O4S. The molecule has 0 aliphatic heterocycles. The Balaban J connectivity index is 1.59. The average Bonchev–Trinajstić information content (AvgIpc) is 3.23. The summed E-state index contributed by atoms with van der Waals surface area (Å²) in [5, 5.41) is 3.25. The molecule has 144 valence electrons. The summed E-state index contributed by atoms with van der Waals surface area (Å²) in [4.78, 5) is 29.7. The third kappa shape index (κ3) is 5.23. The van der Waals surface area contributed by atoms with Crippen LogP contribution in [-0.2, 0) is 9.53 Å². The van der Waals surface area contributed by atoms with Gasteiger partial charge in [-0.05, 0) is 50.2 Å². The van der Waals surface area contributed by atoms with Gasteiger partial charge in [-0.3, -0.25) is 4.79 Å². The van der Waals surface area contributed by atoms with Crippen molar-refractivity contribution in [1.29, 1.82) is 0 Å². The van der Waals surface area contributed by atoms with Gasteiger partial charge in [0, 0.05) is 11.1 Å². The van der Waals surface area contributed by atoms with Crippen molar-refractivity contribution in [3.05, 3.63) is 77.9 Å². The lowest BCUT2D eigenvalue weighted by Gasteiger charge is -2.12. The van der Waals surface area contributed by atoms with E-state index in [1.807, 2.05) is 31.2 Å². The number of carbonyl (C=O) groups excluding carboxylic acids is 2. The molecule has 1 aromatic carbocycles. The molecule has 3 aromatic rings. The molecule has 6 nitrogen and oxygen atoms in total. The number of hydrogen-bond acceptors (Lipinski definition) is 6. The molecule has 0 unspecified atom stereocenters. The van der Waals surface area contributed by atoms with E-state index >= 15 is 0 Å². The Morgan fingerprint density at radius 1 is 1.18 bits per heavy atom. The molecule has 2 heterocycles. The summed E-state index contributed by atoms with van der Waals surface area (Å²) in [7, 11) is 0. The molecule has 0 saturated carbocycles. The van der Waals surface area contributed by atoms with E-state index in [1.54, 1.807) is 37.4 Å². The van der Waals surface area contributed by atoms with E-state index in [2.05, 4.69) is 10.3 Å². The SMILES string of the molecule is Cc1ccc(Sc2ncccc2C(=O)OCC(=O)N[C@@H](C)c2ccco2)cc1. The molecule has 0 radical (unpaired) electrons. The van der Waals surface area contributed by atoms with Gasteiger partial charge in [0.25, 0.3) is 5.91 Å². The van der Waals surface area contributed by atoms with Gasteiger partial charge in [0.2, 0.25) is 0 Å². The number of aromatic nitrogens is 1. The van der Waals surface area contributed by atoms with Crippen molar-refractivity contribution >= 4 is 23.6 Å². The van der Waals surface area contributed by atoms with Crippen molar-refractivity contribution in [3.8, 4) is 0 Å². The maximum atomic E-state index is 12.5. The van der Waals surface area contributed by atoms with Crippen molar-refractivity contribution in [2.24, 2.45) is 0 Å². The van der Waals surface area contributed by atoms with E-state index in [0.29, 0.717) is 16.3 Å². The maximum absolute atomic E-state index is 12.5. The standard InChI is InChI=1S/C21H20N2O4S/c1-14-7-9-16(10-8-14)28-20-17(5-3-11-22-20)21(25)27-13-19(24)23-15(2)18-6-4-12-26-18/h3-12,15H,13H2,1-2H3,(H,23,24)/t15-/m0/s1. The molecule has 1 N–H and O–H groups in total. The quantitative estimate of drug-likeness (QED) is 0.604. The zero-order valence-corrected chi connectivity index (χ0v) is 16.4. The summed E-state index contributed by atoms with van der Waals surface area (Å²) in [6, 6.07) is 14.4. The highest BCUT2D eigenvalue weighted by atomic mass is 32.2. The zero-order chi connectivity index (χ0) is 19.9. The molecule has 0 aliphatic carbocycles. The van der Waals surface area contributed by atoms with E-state index in [1.165, 1.54) is 18.0 Å². The minimum absolute atomic E-state index is 0.313. The Labute approximate surface area is 167 Å². The summed E-state index contributed by atoms with van der Waals surface area (Å²) in [5.41, 5.74) is 1.47. The molecule has 0 spiro atoms. The van der Waals surface area contributed by atoms with E-state index in [4.69, 9.17) is 9.15 Å². The van der Waals surface area contributed by atoms with Crippen molar-refractivity contribution < 1.29 is 18.7 Å². The molecule has 0 saturated heterocycles. The fourth-order valence-electron chi connectivity index (χ4n) is 2.45. The van der Waals surface area contributed by atoms with E-state index in [0.717, 1.165) is 10.5 Å². The third-order valence-corrected chi connectivity index (χ3v) is 4.93. The molecule has 1 atom stereocenters. The Kier molecular flexibility index (Phi) is 6.49. The number of pyridine rings is 1. The van der Waals surface area contributed by atoms with Crippen LogP contribution in [0.5, 0.6) is 0 Å². The molecule has 28 heavy (non-hydrogen) atoms. The lowest BCUT2D eigenvalue weighted by molar-refractivity contribution is -0.125. The molecule has 0 bridgehead atoms. The van der Waals surface area contributed by atoms with Crippen molar-refractivity contribution in [3.63, 3.8) is 0 Å². The van der Waals surface area contributed by atoms with Gasteiger partial charge in [-0.25, -0.2) is 9.78 Å². The molecule has 0 aliphatic rings. The lowest BCUT2D eigenvalue weighted by atomic mass is 10.2. The summed E-state index contributed by atoms with van der Waals surface area (Å²) >= 11 is 1.37. The second kappa shape index (κ2) is 9.23. The lowest BCUT2D eigenvalue weighted by Crippen LogP contribution is -2.31. The van der Waals surface area contributed by atoms with Crippen molar-refractivity contribution in [2.75, 3.05) is 6.61 Å². The van der Waals surface area contributed by atoms with Crippen LogP contribution in [-0.4, -0.2) is 23.5 Å². The predicted octanol–water partition coefficient (Wildman–Crippen LogP) is 4.17. The highest BCUT2D eigenvalue weighted by Crippen LogP contribution is 2.29. The maximum Gasteiger partial charge on any atom is 0.341 e. The van der Waals surface area contributed by atoms with Crippen LogP contribution in [0.15, 0.2) is 75.3 Å². The second-order valence-corrected chi connectivity index (χ2v) is 7.21. The molecule has 3 rings (SSSR count). The Hall–Kier alpha value is -3.06. The monoisotopic (exact) mass is 396 g/mol. The van der Waals surface area contributed by atoms with Crippen LogP contribution in [0, 0.1) is 6.92 Å². The first-order valence-corrected chi connectivity index (χ1v) is 9.54. The smallest absolute Gasteiger partial charge is 0.341 e. The number of aryl methyl sites for hydroxylation is 1. The fourth-order valence-corrected chi connectivity index (χ4v) is 3.32. The molecule has 7 heteroatoms. The largest absolute Gasteiger partial charge is 0.467 e. The van der Waals surface area contributed by atoms with Crippen LogP contribution >= 0.6 is 11.8 Å². The first-order chi connectivity index (χ1) is 13.5. The van der Waals surface area contributed by atoms with Gasteiger partial charge < -0.3 is 14.5 Å². The predicted molar refractivity (Wildman–Crippen MR) is 105 cm³/mol. The van der Waals surface area contributed by atoms with Crippen LogP contribution in [0.3, 0.4) is 0 Å². The van der Waals surface area contributed by atoms with E-state index < -0.39 is 11.9 Å². The van der Waals surface area contributed by atoms with Gasteiger partial charge in [0.1, 0.15) is 10.8 Å². The highest BCUT2D eigenvalue weighted by molar-refractivity contribution is 7.99. The number of ether oxygens (including phenoxy) is 1. The van der Waals surface area contributed by atoms with Gasteiger partial charge in [0.15, 0.2) is 6.61 Å². The van der Waals surface area contributed by atoms with Crippen LogP contribution < -0.4 is 5.32 Å². The van der Waals surface area contributed by atoms with Crippen LogP contribution in [0.2, 0.25) is 0 Å². The van der Waals surface area contributed by atoms with Gasteiger partial charge in [-0.15, -0.1) is 0 Å². The Bertz CT molecular complexity index is 939. The molecule has 2 aromatic heterocycles. The topological polar surface area (TPSA) is 81.4 Å². The van der Waals surface area contributed by atoms with Gasteiger partial charge in [-0.2, -0.15) is 0 Å². The molecular weight excluding hydrogens is 376 g/mol. The number of rotatable bonds is 7. The third-order valence-electron chi connectivity index (χ3n) is 3.91. The normalized spacial score (nSPS) is 11.6. The number of nitrogens with one attached hydrogen (secondary N) is 1. The van der Waals surface area contributed by atoms with Crippen LogP contribution in [0.25, 0.3) is 0 Å². The Morgan fingerprint density at radius 3 is 2.68 bits per heavy atom. The van der Waals surface area contributed by atoms with Crippen LogP contribution in [0.4, 0.5) is 0 Å². The summed E-state index contributed by atoms with van der Waals surface area (Å²) in [6.45, 7) is 3.42. The summed E-state index contributed by atoms with van der Waals surface area (Å²) in [6.07, 6.45) is 3.15. The van der Waals surface area contributed by atoms with Crippen molar-refractivity contribution in [1.82, 2.24) is 10.3 Å². The zero-order valence-electron chi connectivity index (χ0n) is 15.5. The number of benzene rings is 1. The molecule has 1 amide bonds. The van der Waals surface area contributed by atoms with Gasteiger partial charge >= 0.3 is 5.97 Å². The number of amides is 1. The Morgan fingerprint density at radius 2 is 1.96 bits per heavy atom. The minimum atomic E-state index is -0.594. The minimum Gasteiger partial charge on any atom is -0.467 e. The number of hydrogen-bond donors (Lipinski definition) is 1. The van der Waals surface area contributed by atoms with Crippen LogP contribution in [0.1, 0.15) is 34.6 Å². The number of esters is 1. The van der Waals surface area contributed by atoms with Gasteiger partial charge in [0.05, 0.1) is 17.9 Å².